The maximum absolute atomic E-state index is 12.7. The number of carbonyl (C=O) groups excluding carboxylic acids is 1. The van der Waals surface area contributed by atoms with Crippen LogP contribution in [0.25, 0.3) is 10.8 Å². The van der Waals surface area contributed by atoms with Crippen molar-refractivity contribution in [3.8, 4) is 5.75 Å². The first kappa shape index (κ1) is 21.7. The van der Waals surface area contributed by atoms with E-state index in [-0.39, 0.29) is 12.2 Å². The maximum Gasteiger partial charge on any atom is 0.338 e. The van der Waals surface area contributed by atoms with E-state index in [4.69, 9.17) is 14.6 Å². The van der Waals surface area contributed by atoms with Gasteiger partial charge in [0, 0.05) is 6.42 Å². The summed E-state index contributed by atoms with van der Waals surface area (Å²) in [5, 5.41) is 21.6. The number of ether oxygens (including phenoxy) is 2. The van der Waals surface area contributed by atoms with Gasteiger partial charge in [-0.3, -0.25) is 0 Å². The Morgan fingerprint density at radius 3 is 2.38 bits per heavy atom. The van der Waals surface area contributed by atoms with Crippen LogP contribution in [0.1, 0.15) is 49.1 Å². The zero-order valence-electron chi connectivity index (χ0n) is 18.2. The fourth-order valence-electron chi connectivity index (χ4n) is 4.12. The van der Waals surface area contributed by atoms with Crippen LogP contribution in [0.2, 0.25) is 0 Å². The van der Waals surface area contributed by atoms with E-state index in [1.807, 2.05) is 42.5 Å². The topological polar surface area (TPSA) is 93.1 Å². The molecule has 34 heavy (non-hydrogen) atoms. The molecule has 0 aromatic heterocycles. The number of benzene rings is 4. The predicted molar refractivity (Wildman–Crippen MR) is 126 cm³/mol. The highest BCUT2D eigenvalue weighted by Gasteiger charge is 2.15. The number of aromatic carboxylic acids is 1. The molecule has 0 saturated carbocycles. The smallest absolute Gasteiger partial charge is 0.338 e. The first-order valence-electron chi connectivity index (χ1n) is 10.9. The van der Waals surface area contributed by atoms with Crippen molar-refractivity contribution in [3.63, 3.8) is 0 Å². The van der Waals surface area contributed by atoms with Crippen molar-refractivity contribution in [3.05, 3.63) is 112 Å². The fraction of sp³-hybridized carbons (Fsp3) is 0.143. The van der Waals surface area contributed by atoms with Crippen LogP contribution in [0.3, 0.4) is 0 Å². The second-order valence-electron chi connectivity index (χ2n) is 8.27. The summed E-state index contributed by atoms with van der Waals surface area (Å²) in [7, 11) is 0. The van der Waals surface area contributed by atoms with Crippen LogP contribution in [-0.4, -0.2) is 28.8 Å². The molecule has 0 bridgehead atoms. The quantitative estimate of drug-likeness (QED) is 0.402. The van der Waals surface area contributed by atoms with Crippen molar-refractivity contribution < 1.29 is 29.3 Å². The van der Waals surface area contributed by atoms with E-state index in [0.717, 1.165) is 34.1 Å². The molecule has 1 heterocycles. The summed E-state index contributed by atoms with van der Waals surface area (Å²) in [5.74, 6) is -0.550. The second kappa shape index (κ2) is 9.00. The molecule has 0 radical (unpaired) electrons. The summed E-state index contributed by atoms with van der Waals surface area (Å²) >= 11 is 0. The lowest BCUT2D eigenvalue weighted by Gasteiger charge is -2.13. The lowest BCUT2D eigenvalue weighted by molar-refractivity contribution is 0.0472. The number of fused-ring (bicyclic) bond motifs is 2. The summed E-state index contributed by atoms with van der Waals surface area (Å²) in [5.41, 5.74) is 3.85. The Balaban J connectivity index is 1.33. The molecular formula is C28H22O6. The summed E-state index contributed by atoms with van der Waals surface area (Å²) in [4.78, 5) is 23.7. The van der Waals surface area contributed by atoms with Gasteiger partial charge < -0.3 is 19.7 Å². The van der Waals surface area contributed by atoms with Gasteiger partial charge in [-0.25, -0.2) is 9.59 Å². The molecule has 170 valence electrons. The molecule has 1 atom stereocenters. The minimum absolute atomic E-state index is 0.158. The second-order valence-corrected chi connectivity index (χ2v) is 8.27. The van der Waals surface area contributed by atoms with E-state index >= 15 is 0 Å². The first-order valence-corrected chi connectivity index (χ1v) is 10.9. The molecule has 2 N–H and O–H groups in total. The third-order valence-electron chi connectivity index (χ3n) is 6.01. The number of esters is 1. The van der Waals surface area contributed by atoms with Crippen molar-refractivity contribution in [1.29, 1.82) is 0 Å². The Morgan fingerprint density at radius 2 is 1.59 bits per heavy atom. The lowest BCUT2D eigenvalue weighted by Crippen LogP contribution is -2.05. The van der Waals surface area contributed by atoms with Crippen LogP contribution in [0, 0.1) is 0 Å². The molecule has 1 unspecified atom stereocenters. The first-order chi connectivity index (χ1) is 16.5. The number of rotatable bonds is 6. The molecular weight excluding hydrogens is 432 g/mol. The normalized spacial score (nSPS) is 13.2. The summed E-state index contributed by atoms with van der Waals surface area (Å²) < 4.78 is 11.0. The van der Waals surface area contributed by atoms with E-state index in [1.54, 1.807) is 24.3 Å². The highest BCUT2D eigenvalue weighted by Crippen LogP contribution is 2.28. The largest absolute Gasteiger partial charge is 0.493 e. The van der Waals surface area contributed by atoms with Crippen LogP contribution in [-0.2, 0) is 17.8 Å². The SMILES string of the molecule is O=C(O)c1ccc(C(O)c2ccc3ccc(C(=O)OCc4ccc5c(c4)CCO5)cc3c2)cc1. The van der Waals surface area contributed by atoms with Crippen LogP contribution in [0.4, 0.5) is 0 Å². The molecule has 0 aliphatic carbocycles. The third kappa shape index (κ3) is 4.36. The van der Waals surface area contributed by atoms with Crippen molar-refractivity contribution in [1.82, 2.24) is 0 Å². The number of carboxylic acids is 1. The van der Waals surface area contributed by atoms with E-state index in [1.165, 1.54) is 12.1 Å². The Morgan fingerprint density at radius 1 is 0.853 bits per heavy atom. The monoisotopic (exact) mass is 454 g/mol. The van der Waals surface area contributed by atoms with Crippen LogP contribution in [0.15, 0.2) is 78.9 Å². The number of carboxylic acid groups (broad SMARTS) is 1. The molecule has 0 saturated heterocycles. The minimum Gasteiger partial charge on any atom is -0.493 e. The number of carbonyl (C=O) groups is 2. The van der Waals surface area contributed by atoms with Gasteiger partial charge in [-0.2, -0.15) is 0 Å². The van der Waals surface area contributed by atoms with E-state index < -0.39 is 18.0 Å². The summed E-state index contributed by atoms with van der Waals surface area (Å²) in [6.45, 7) is 0.856. The summed E-state index contributed by atoms with van der Waals surface area (Å²) in [6.07, 6.45) is -0.0636. The number of aliphatic hydroxyl groups is 1. The summed E-state index contributed by atoms with van der Waals surface area (Å²) in [6, 6.07) is 22.8. The fourth-order valence-corrected chi connectivity index (χ4v) is 4.12. The Bertz CT molecular complexity index is 1390. The van der Waals surface area contributed by atoms with E-state index in [0.29, 0.717) is 23.3 Å². The zero-order chi connectivity index (χ0) is 23.7. The highest BCUT2D eigenvalue weighted by atomic mass is 16.5. The van der Waals surface area contributed by atoms with E-state index in [9.17, 15) is 14.7 Å². The van der Waals surface area contributed by atoms with Gasteiger partial charge in [-0.05, 0) is 75.5 Å². The molecule has 0 spiro atoms. The number of aliphatic hydroxyl groups excluding tert-OH is 1. The van der Waals surface area contributed by atoms with Crippen molar-refractivity contribution in [2.24, 2.45) is 0 Å². The van der Waals surface area contributed by atoms with Gasteiger partial charge in [0.15, 0.2) is 0 Å². The molecule has 0 fully saturated rings. The third-order valence-corrected chi connectivity index (χ3v) is 6.01. The van der Waals surface area contributed by atoms with Crippen molar-refractivity contribution in [2.75, 3.05) is 6.61 Å². The van der Waals surface area contributed by atoms with Gasteiger partial charge in [-0.15, -0.1) is 0 Å². The van der Waals surface area contributed by atoms with Gasteiger partial charge >= 0.3 is 11.9 Å². The molecule has 1 aliphatic heterocycles. The Hall–Kier alpha value is -4.16. The predicted octanol–water partition coefficient (Wildman–Crippen LogP) is 4.91. The molecule has 6 nitrogen and oxygen atoms in total. The Kier molecular flexibility index (Phi) is 5.74. The lowest BCUT2D eigenvalue weighted by atomic mass is 9.97. The van der Waals surface area contributed by atoms with Crippen molar-refractivity contribution in [2.45, 2.75) is 19.1 Å². The number of hydrogen-bond acceptors (Lipinski definition) is 5. The molecule has 1 aliphatic rings. The maximum atomic E-state index is 12.7. The number of hydrogen-bond donors (Lipinski definition) is 2. The molecule has 4 aromatic rings. The zero-order valence-corrected chi connectivity index (χ0v) is 18.2. The van der Waals surface area contributed by atoms with Gasteiger partial charge in [-0.1, -0.05) is 36.4 Å². The minimum atomic E-state index is -1.02. The molecule has 4 aromatic carbocycles. The van der Waals surface area contributed by atoms with Gasteiger partial charge in [0.05, 0.1) is 17.7 Å². The van der Waals surface area contributed by atoms with Gasteiger partial charge in [0.2, 0.25) is 0 Å². The van der Waals surface area contributed by atoms with Crippen LogP contribution >= 0.6 is 0 Å². The van der Waals surface area contributed by atoms with Gasteiger partial charge in [0.25, 0.3) is 0 Å². The standard InChI is InChI=1S/C28H22O6/c29-26(19-4-6-20(7-5-19)27(30)31)22-8-2-18-3-9-23(15-24(18)14-22)28(32)34-16-17-1-10-25-21(13-17)11-12-33-25/h1-10,13-15,26,29H,11-12,16H2,(H,30,31). The highest BCUT2D eigenvalue weighted by molar-refractivity contribution is 5.95. The molecule has 5 rings (SSSR count). The van der Waals surface area contributed by atoms with Crippen molar-refractivity contribution >= 4 is 22.7 Å². The average molecular weight is 454 g/mol. The Labute approximate surface area is 196 Å². The molecule has 0 amide bonds. The van der Waals surface area contributed by atoms with Crippen LogP contribution < -0.4 is 4.74 Å². The average Bonchev–Trinajstić information content (AvgIpc) is 3.34. The van der Waals surface area contributed by atoms with Crippen LogP contribution in [0.5, 0.6) is 5.75 Å². The van der Waals surface area contributed by atoms with Gasteiger partial charge in [0.1, 0.15) is 18.5 Å². The molecule has 6 heteroatoms. The van der Waals surface area contributed by atoms with E-state index in [2.05, 4.69) is 0 Å².